The summed E-state index contributed by atoms with van der Waals surface area (Å²) >= 11 is 8.45. The minimum absolute atomic E-state index is 0.342. The lowest BCUT2D eigenvalue weighted by molar-refractivity contribution is 0.501. The molecular formula is C12H14N2OS3. The van der Waals surface area contributed by atoms with E-state index in [0.717, 1.165) is 17.3 Å². The van der Waals surface area contributed by atoms with Gasteiger partial charge >= 0.3 is 0 Å². The van der Waals surface area contributed by atoms with Crippen LogP contribution in [0.5, 0.6) is 0 Å². The van der Waals surface area contributed by atoms with Crippen molar-refractivity contribution in [1.82, 2.24) is 10.2 Å². The van der Waals surface area contributed by atoms with Crippen LogP contribution in [-0.2, 0) is 12.2 Å². The van der Waals surface area contributed by atoms with E-state index in [1.165, 1.54) is 10.5 Å². The molecule has 0 aliphatic carbocycles. The minimum Gasteiger partial charge on any atom is -0.413 e. The van der Waals surface area contributed by atoms with Crippen molar-refractivity contribution in [2.45, 2.75) is 24.0 Å². The fourth-order valence-electron chi connectivity index (χ4n) is 1.49. The van der Waals surface area contributed by atoms with Crippen molar-refractivity contribution in [3.05, 3.63) is 40.6 Å². The zero-order valence-electron chi connectivity index (χ0n) is 10.0. The molecule has 1 aromatic carbocycles. The third-order valence-electron chi connectivity index (χ3n) is 2.36. The molecular weight excluding hydrogens is 284 g/mol. The zero-order chi connectivity index (χ0) is 12.8. The van der Waals surface area contributed by atoms with Gasteiger partial charge in [-0.25, -0.2) is 5.10 Å². The molecule has 0 spiro atoms. The largest absolute Gasteiger partial charge is 0.413 e. The lowest BCUT2D eigenvalue weighted by Gasteiger charge is -2.05. The van der Waals surface area contributed by atoms with E-state index in [-0.39, 0.29) is 0 Å². The maximum Gasteiger partial charge on any atom is 0.284 e. The Balaban J connectivity index is 1.80. The predicted molar refractivity (Wildman–Crippen MR) is 79.5 cm³/mol. The molecule has 1 heterocycles. The van der Waals surface area contributed by atoms with Crippen LogP contribution in [0.1, 0.15) is 18.4 Å². The molecule has 0 saturated heterocycles. The quantitative estimate of drug-likeness (QED) is 0.373. The molecule has 0 aliphatic heterocycles. The lowest BCUT2D eigenvalue weighted by Crippen LogP contribution is -1.85. The van der Waals surface area contributed by atoms with E-state index in [1.54, 1.807) is 11.8 Å². The number of benzene rings is 1. The van der Waals surface area contributed by atoms with Crippen LogP contribution >= 0.6 is 35.7 Å². The number of H-pyrrole nitrogens is 1. The Bertz CT molecular complexity index is 550. The van der Waals surface area contributed by atoms with Crippen LogP contribution in [-0.4, -0.2) is 15.3 Å². The number of nitrogens with one attached hydrogen (secondary N) is 1. The molecule has 0 saturated carbocycles. The van der Waals surface area contributed by atoms with Crippen LogP contribution in [0.4, 0.5) is 0 Å². The van der Waals surface area contributed by atoms with Crippen LogP contribution < -0.4 is 0 Å². The molecule has 0 fully saturated rings. The molecule has 3 nitrogen and oxygen atoms in total. The Morgan fingerprint density at radius 1 is 1.39 bits per heavy atom. The third kappa shape index (κ3) is 3.90. The Hall–Kier alpha value is -0.720. The standard InChI is InChI=1S/C12H14N2OS3/c1-2-9-5-3-4-6-10(9)18-8-17-7-11-13-14-12(16)15-11/h3-6H,2,7-8H2,1H3,(H,14,16). The van der Waals surface area contributed by atoms with Crippen molar-refractivity contribution in [3.8, 4) is 0 Å². The van der Waals surface area contributed by atoms with Gasteiger partial charge in [0.1, 0.15) is 0 Å². The average Bonchev–Trinajstić information content (AvgIpc) is 2.81. The first-order chi connectivity index (χ1) is 8.79. The van der Waals surface area contributed by atoms with E-state index >= 15 is 0 Å². The molecule has 18 heavy (non-hydrogen) atoms. The van der Waals surface area contributed by atoms with Crippen molar-refractivity contribution in [3.63, 3.8) is 0 Å². The van der Waals surface area contributed by atoms with Gasteiger partial charge in [0.2, 0.25) is 5.89 Å². The summed E-state index contributed by atoms with van der Waals surface area (Å²) in [4.78, 5) is 1.70. The Labute approximate surface area is 120 Å². The van der Waals surface area contributed by atoms with Crippen molar-refractivity contribution in [2.24, 2.45) is 0 Å². The van der Waals surface area contributed by atoms with Gasteiger partial charge in [0.15, 0.2) is 0 Å². The highest BCUT2D eigenvalue weighted by Gasteiger charge is 2.02. The summed E-state index contributed by atoms with van der Waals surface area (Å²) in [6, 6.07) is 8.52. The molecule has 0 radical (unpaired) electrons. The van der Waals surface area contributed by atoms with E-state index in [9.17, 15) is 0 Å². The average molecular weight is 298 g/mol. The highest BCUT2D eigenvalue weighted by molar-refractivity contribution is 8.15. The molecule has 0 unspecified atom stereocenters. The molecule has 0 amide bonds. The Morgan fingerprint density at radius 2 is 2.22 bits per heavy atom. The number of aromatic amines is 1. The maximum absolute atomic E-state index is 5.20. The molecule has 1 aromatic heterocycles. The summed E-state index contributed by atoms with van der Waals surface area (Å²) in [5.74, 6) is 1.41. The molecule has 2 aromatic rings. The second-order valence-electron chi connectivity index (χ2n) is 3.58. The predicted octanol–water partition coefficient (Wildman–Crippen LogP) is 4.28. The maximum atomic E-state index is 5.20. The van der Waals surface area contributed by atoms with E-state index in [0.29, 0.717) is 10.7 Å². The van der Waals surface area contributed by atoms with Crippen LogP contribution in [0, 0.1) is 4.84 Å². The van der Waals surface area contributed by atoms with Gasteiger partial charge in [-0.1, -0.05) is 25.1 Å². The highest BCUT2D eigenvalue weighted by Crippen LogP contribution is 2.27. The zero-order valence-corrected chi connectivity index (χ0v) is 12.5. The first-order valence-corrected chi connectivity index (χ1v) is 8.17. The Morgan fingerprint density at radius 3 is 2.94 bits per heavy atom. The normalized spacial score (nSPS) is 10.7. The van der Waals surface area contributed by atoms with Gasteiger partial charge in [0.05, 0.1) is 5.75 Å². The number of aryl methyl sites for hydroxylation is 1. The van der Waals surface area contributed by atoms with E-state index in [4.69, 9.17) is 16.6 Å². The van der Waals surface area contributed by atoms with Crippen LogP contribution in [0.2, 0.25) is 0 Å². The molecule has 0 aliphatic rings. The molecule has 0 atom stereocenters. The number of nitrogens with zero attached hydrogens (tertiary/aromatic N) is 1. The lowest BCUT2D eigenvalue weighted by atomic mass is 10.2. The van der Waals surface area contributed by atoms with Gasteiger partial charge < -0.3 is 4.42 Å². The molecule has 1 N–H and O–H groups in total. The van der Waals surface area contributed by atoms with Gasteiger partial charge in [-0.15, -0.1) is 28.6 Å². The molecule has 0 bridgehead atoms. The second-order valence-corrected chi connectivity index (χ2v) is 6.32. The van der Waals surface area contributed by atoms with Crippen molar-refractivity contribution in [2.75, 3.05) is 5.08 Å². The van der Waals surface area contributed by atoms with Gasteiger partial charge in [-0.05, 0) is 30.3 Å². The fourth-order valence-corrected chi connectivity index (χ4v) is 3.68. The van der Waals surface area contributed by atoms with Crippen molar-refractivity contribution >= 4 is 35.7 Å². The summed E-state index contributed by atoms with van der Waals surface area (Å²) in [5.41, 5.74) is 1.40. The van der Waals surface area contributed by atoms with Gasteiger partial charge in [-0.3, -0.25) is 0 Å². The van der Waals surface area contributed by atoms with Gasteiger partial charge in [-0.2, -0.15) is 0 Å². The van der Waals surface area contributed by atoms with E-state index in [2.05, 4.69) is 41.4 Å². The van der Waals surface area contributed by atoms with E-state index in [1.807, 2.05) is 11.8 Å². The number of aromatic nitrogens is 2. The van der Waals surface area contributed by atoms with Crippen LogP contribution in [0.25, 0.3) is 0 Å². The summed E-state index contributed by atoms with van der Waals surface area (Å²) < 4.78 is 5.20. The first kappa shape index (κ1) is 13.7. The molecule has 96 valence electrons. The first-order valence-electron chi connectivity index (χ1n) is 5.62. The smallest absolute Gasteiger partial charge is 0.284 e. The molecule has 6 heteroatoms. The Kier molecular flexibility index (Phi) is 5.34. The van der Waals surface area contributed by atoms with Gasteiger partial charge in [0, 0.05) is 9.98 Å². The number of hydrogen-bond donors (Lipinski definition) is 1. The summed E-state index contributed by atoms with van der Waals surface area (Å²) in [6.07, 6.45) is 1.07. The van der Waals surface area contributed by atoms with Crippen LogP contribution in [0.3, 0.4) is 0 Å². The number of thioether (sulfide) groups is 2. The monoisotopic (exact) mass is 298 g/mol. The van der Waals surface area contributed by atoms with Crippen molar-refractivity contribution < 1.29 is 4.42 Å². The van der Waals surface area contributed by atoms with Gasteiger partial charge in [0.25, 0.3) is 4.84 Å². The summed E-state index contributed by atoms with van der Waals surface area (Å²) in [6.45, 7) is 2.18. The third-order valence-corrected chi connectivity index (χ3v) is 4.83. The topological polar surface area (TPSA) is 41.8 Å². The number of hydrogen-bond acceptors (Lipinski definition) is 5. The minimum atomic E-state index is 0.342. The fraction of sp³-hybridized carbons (Fsp3) is 0.333. The molecule has 2 rings (SSSR count). The van der Waals surface area contributed by atoms with Crippen molar-refractivity contribution in [1.29, 1.82) is 0 Å². The SMILES string of the molecule is CCc1ccccc1SCSCc1n[nH]c(=S)o1. The summed E-state index contributed by atoms with van der Waals surface area (Å²) in [7, 11) is 0. The highest BCUT2D eigenvalue weighted by atomic mass is 32.2. The van der Waals surface area contributed by atoms with Crippen LogP contribution in [0.15, 0.2) is 33.6 Å². The summed E-state index contributed by atoms with van der Waals surface area (Å²) in [5, 5.41) is 7.57. The van der Waals surface area contributed by atoms with E-state index < -0.39 is 0 Å². The second kappa shape index (κ2) is 7.01. The number of rotatable bonds is 6.